The Kier molecular flexibility index (Phi) is 86.4. The van der Waals surface area contributed by atoms with Crippen LogP contribution in [0, 0.1) is 100.0 Å². The molecule has 0 aliphatic heterocycles. The maximum Gasteiger partial charge on any atom is 0.335 e. The second-order valence-electron chi connectivity index (χ2n) is 8.41. The van der Waals surface area contributed by atoms with Gasteiger partial charge >= 0.3 is 114 Å². The van der Waals surface area contributed by atoms with E-state index in [0.717, 1.165) is 0 Å². The van der Waals surface area contributed by atoms with E-state index in [1.54, 1.807) is 0 Å². The molecule has 0 bridgehead atoms. The van der Waals surface area contributed by atoms with Crippen LogP contribution < -0.4 is 0 Å². The summed E-state index contributed by atoms with van der Waals surface area (Å²) in [4.78, 5) is 219. The molecule has 0 aromatic carbocycles. The number of hydrogen-bond acceptors (Lipinski definition) is 15. The van der Waals surface area contributed by atoms with Gasteiger partial charge in [-0.15, -0.1) is 5.73 Å². The molecule has 0 saturated heterocycles. The Balaban J connectivity index is -0.0000000376. The minimum atomic E-state index is -4.39. The Bertz CT molecular complexity index is 1480. The van der Waals surface area contributed by atoms with E-state index in [0.29, 0.717) is 0 Å². The molecular formula is C18H34O45P15. The van der Waals surface area contributed by atoms with Crippen LogP contribution in [0.3, 0.4) is 0 Å². The third-order valence-electron chi connectivity index (χ3n) is 0. The molecule has 78 heavy (non-hydrogen) atoms. The lowest BCUT2D eigenvalue weighted by atomic mass is 11.0. The Hall–Kier alpha value is 1.77. The highest BCUT2D eigenvalue weighted by Gasteiger charge is 2.03. The summed E-state index contributed by atoms with van der Waals surface area (Å²) in [5, 5.41) is 0. The average molecular weight is 1440 g/mol. The van der Waals surface area contributed by atoms with E-state index < -0.39 is 114 Å². The molecule has 0 unspecified atom stereocenters. The van der Waals surface area contributed by atoms with Crippen molar-refractivity contribution in [2.24, 2.45) is 0 Å². The largest absolute Gasteiger partial charge is 0.335 e. The standard InChI is InChI=1S/C3H4.15CH2O3P/c1-3-2;15*1-5(2,3)4/h1-2H2;15*(H2,2,3,4). The van der Waals surface area contributed by atoms with Gasteiger partial charge in [0.2, 0.25) is 0 Å². The minimum absolute atomic E-state index is 2.25. The Morgan fingerprint density at radius 3 is 0.154 bits per heavy atom. The first-order valence-electron chi connectivity index (χ1n) is 12.8. The molecule has 0 rings (SSSR count). The lowest BCUT2D eigenvalue weighted by Crippen LogP contribution is -1.60. The summed E-state index contributed by atoms with van der Waals surface area (Å²) >= 11 is 0. The predicted octanol–water partition coefficient (Wildman–Crippen LogP) is -3.40. The molecule has 60 heteroatoms. The van der Waals surface area contributed by atoms with Crippen molar-refractivity contribution >= 4 is 114 Å². The number of rotatable bonds is 0. The van der Waals surface area contributed by atoms with Gasteiger partial charge < -0.3 is 147 Å². The highest BCUT2D eigenvalue weighted by Crippen LogP contribution is 2.35. The van der Waals surface area contributed by atoms with E-state index in [1.165, 1.54) is 0 Å². The molecule has 0 aromatic rings. The van der Waals surface area contributed by atoms with Crippen molar-refractivity contribution < 1.29 is 215 Å². The summed E-state index contributed by atoms with van der Waals surface area (Å²) in [6.45, 7) is 90.3. The minimum Gasteiger partial charge on any atom is -0.324 e. The average Bonchev–Trinajstić information content (AvgIpc) is 2.72. The SMILES string of the molecule is C=C=C.[C]P(=O)(O)O.[C]P(=O)(O)O.[C]P(=O)(O)O.[C]P(=O)(O)O.[C]P(=O)(O)O.[C]P(=O)(O)O.[C]P(=O)(O)O.[C]P(=O)(O)O.[C]P(=O)(O)O.[C]P(=O)(O)O.[C]P(=O)(O)O.[C]P(=O)(O)O.[C]P(=O)(O)O.[C]P(=O)(O)O.[C]P(=O)(O)O. The van der Waals surface area contributed by atoms with Crippen LogP contribution in [0.2, 0.25) is 0 Å². The summed E-state index contributed by atoms with van der Waals surface area (Å²) in [6.07, 6.45) is 0. The monoisotopic (exact) mass is 1430 g/mol. The van der Waals surface area contributed by atoms with Gasteiger partial charge in [-0.3, -0.25) is 68.5 Å². The summed E-state index contributed by atoms with van der Waals surface area (Å²) < 4.78 is 135. The quantitative estimate of drug-likeness (QED) is 0.0830. The Morgan fingerprint density at radius 1 is 0.154 bits per heavy atom. The zero-order valence-corrected chi connectivity index (χ0v) is 49.1. The normalized spacial score (nSPS) is 11.4. The van der Waals surface area contributed by atoms with E-state index >= 15 is 0 Å². The summed E-state index contributed by atoms with van der Waals surface area (Å²) in [7, 11) is -65.8. The molecule has 0 aliphatic carbocycles. The van der Waals surface area contributed by atoms with Gasteiger partial charge in [0.1, 0.15) is 100.0 Å². The molecular weight excluding hydrogens is 1400 g/mol. The van der Waals surface area contributed by atoms with Gasteiger partial charge in [-0.1, -0.05) is 13.2 Å². The molecule has 0 aliphatic rings. The maximum atomic E-state index is 8.99. The lowest BCUT2D eigenvalue weighted by molar-refractivity contribution is 0.383. The zero-order valence-electron chi connectivity index (χ0n) is 35.7. The van der Waals surface area contributed by atoms with Crippen molar-refractivity contribution in [3.8, 4) is 0 Å². The lowest BCUT2D eigenvalue weighted by Gasteiger charge is -1.83. The van der Waals surface area contributed by atoms with E-state index in [1.807, 2.05) is 0 Å². The van der Waals surface area contributed by atoms with Crippen LogP contribution in [0.1, 0.15) is 0 Å². The van der Waals surface area contributed by atoms with Crippen LogP contribution in [-0.2, 0) is 68.5 Å². The smallest absolute Gasteiger partial charge is 0.324 e. The van der Waals surface area contributed by atoms with Gasteiger partial charge in [0, 0.05) is 0 Å². The van der Waals surface area contributed by atoms with Gasteiger partial charge in [-0.25, -0.2) is 0 Å². The van der Waals surface area contributed by atoms with Crippen LogP contribution in [0.4, 0.5) is 0 Å². The summed E-state index contributed by atoms with van der Waals surface area (Å²) in [6, 6.07) is 0. The molecule has 0 saturated carbocycles. The van der Waals surface area contributed by atoms with Crippen molar-refractivity contribution in [3.63, 3.8) is 0 Å². The zero-order chi connectivity index (χ0) is 70.2. The van der Waals surface area contributed by atoms with Gasteiger partial charge in [0.15, 0.2) is 0 Å². The summed E-state index contributed by atoms with van der Waals surface area (Å²) in [5.41, 5.74) is 2.25. The third kappa shape index (κ3) is 146000. The molecule has 0 heterocycles. The molecule has 451 valence electrons. The Morgan fingerprint density at radius 2 is 0.154 bits per heavy atom. The van der Waals surface area contributed by atoms with Crippen molar-refractivity contribution in [2.45, 2.75) is 0 Å². The van der Waals surface area contributed by atoms with Crippen LogP contribution in [0.5, 0.6) is 0 Å². The number of hydrogen-bond donors (Lipinski definition) is 30. The fourth-order valence-corrected chi connectivity index (χ4v) is 0. The molecule has 45 nitrogen and oxygen atoms in total. The molecule has 0 aromatic heterocycles. The van der Waals surface area contributed by atoms with E-state index in [2.05, 4.69) is 18.9 Å². The molecule has 0 fully saturated rings. The second-order valence-corrected chi connectivity index (χ2v) is 24.7. The fraction of sp³-hybridized carbons (Fsp3) is 0. The third-order valence-corrected chi connectivity index (χ3v) is 0. The van der Waals surface area contributed by atoms with Gasteiger partial charge in [0.25, 0.3) is 0 Å². The van der Waals surface area contributed by atoms with Gasteiger partial charge in [-0.05, 0) is 0 Å². The van der Waals surface area contributed by atoms with Gasteiger partial charge in [-0.2, -0.15) is 0 Å². The summed E-state index contributed by atoms with van der Waals surface area (Å²) in [5.74, 6) is 0. The highest BCUT2D eigenvalue weighted by atomic mass is 31.2. The highest BCUT2D eigenvalue weighted by molar-refractivity contribution is 7.56. The second kappa shape index (κ2) is 55.4. The first-order chi connectivity index (χ1) is 31.4. The fourth-order valence-electron chi connectivity index (χ4n) is 0. The predicted molar refractivity (Wildman–Crippen MR) is 244 cm³/mol. The first-order valence-corrected chi connectivity index (χ1v) is 37.0. The molecule has 0 amide bonds. The molecule has 0 spiro atoms. The molecule has 30 N–H and O–H groups in total. The van der Waals surface area contributed by atoms with Crippen molar-refractivity contribution in [3.05, 3.63) is 119 Å². The first kappa shape index (κ1) is 122. The van der Waals surface area contributed by atoms with Gasteiger partial charge in [0.05, 0.1) is 0 Å². The maximum absolute atomic E-state index is 8.99. The van der Waals surface area contributed by atoms with Crippen molar-refractivity contribution in [1.29, 1.82) is 0 Å². The van der Waals surface area contributed by atoms with Crippen molar-refractivity contribution in [1.82, 2.24) is 0 Å². The van der Waals surface area contributed by atoms with Crippen LogP contribution in [-0.4, -0.2) is 147 Å². The van der Waals surface area contributed by atoms with E-state index in [-0.39, 0.29) is 0 Å². The van der Waals surface area contributed by atoms with Crippen LogP contribution >= 0.6 is 114 Å². The Labute approximate surface area is 446 Å². The van der Waals surface area contributed by atoms with E-state index in [9.17, 15) is 0 Å². The van der Waals surface area contributed by atoms with Crippen LogP contribution in [0.15, 0.2) is 18.9 Å². The van der Waals surface area contributed by atoms with Crippen molar-refractivity contribution in [2.75, 3.05) is 0 Å². The van der Waals surface area contributed by atoms with Crippen LogP contribution in [0.25, 0.3) is 0 Å². The van der Waals surface area contributed by atoms with E-state index in [4.69, 9.17) is 315 Å². The topological polar surface area (TPSA) is 863 Å². The molecule has 45 radical (unpaired) electrons. The molecule has 0 atom stereocenters.